The highest BCUT2D eigenvalue weighted by molar-refractivity contribution is 7.71. The number of aliphatic hydroxyl groups excluding tert-OH is 1. The van der Waals surface area contributed by atoms with Crippen molar-refractivity contribution >= 4 is 17.9 Å². The van der Waals surface area contributed by atoms with Crippen molar-refractivity contribution in [1.82, 2.24) is 4.98 Å². The number of aromatic amines is 1. The summed E-state index contributed by atoms with van der Waals surface area (Å²) in [7, 11) is 0. The van der Waals surface area contributed by atoms with Gasteiger partial charge in [0.15, 0.2) is 0 Å². The summed E-state index contributed by atoms with van der Waals surface area (Å²) < 4.78 is 5.18. The third kappa shape index (κ3) is 3.72. The normalized spacial score (nSPS) is 12.3. The number of oxazole rings is 1. The first-order chi connectivity index (χ1) is 8.24. The highest BCUT2D eigenvalue weighted by Gasteiger charge is 2.07. The molecule has 90 valence electrons. The number of hydrogen-bond donors (Lipinski definition) is 3. The van der Waals surface area contributed by atoms with Gasteiger partial charge in [-0.05, 0) is 24.4 Å². The fourth-order valence-electron chi connectivity index (χ4n) is 1.51. The summed E-state index contributed by atoms with van der Waals surface area (Å²) >= 11 is 4.81. The van der Waals surface area contributed by atoms with Crippen LogP contribution < -0.4 is 5.32 Å². The minimum absolute atomic E-state index is 0.336. The van der Waals surface area contributed by atoms with E-state index >= 15 is 0 Å². The number of nitrogens with one attached hydrogen (secondary N) is 2. The maximum Gasteiger partial charge on any atom is 0.266 e. The first-order valence-corrected chi connectivity index (χ1v) is 5.79. The van der Waals surface area contributed by atoms with Crippen LogP contribution in [0.15, 0.2) is 40.9 Å². The van der Waals surface area contributed by atoms with Crippen molar-refractivity contribution in [2.24, 2.45) is 0 Å². The van der Waals surface area contributed by atoms with Crippen LogP contribution in [0.2, 0.25) is 0 Å². The molecule has 1 aromatic heterocycles. The van der Waals surface area contributed by atoms with Crippen LogP contribution in [-0.4, -0.2) is 22.7 Å². The molecule has 3 N–H and O–H groups in total. The van der Waals surface area contributed by atoms with E-state index in [0.29, 0.717) is 23.6 Å². The van der Waals surface area contributed by atoms with E-state index in [0.717, 1.165) is 5.69 Å². The second kappa shape index (κ2) is 5.65. The lowest BCUT2D eigenvalue weighted by Gasteiger charge is -2.11. The summed E-state index contributed by atoms with van der Waals surface area (Å²) in [6.07, 6.45) is 1.60. The van der Waals surface area contributed by atoms with E-state index in [1.165, 1.54) is 0 Å². The molecule has 0 saturated heterocycles. The predicted molar refractivity (Wildman–Crippen MR) is 68.5 cm³/mol. The Balaban J connectivity index is 1.82. The molecular weight excluding hydrogens is 236 g/mol. The van der Waals surface area contributed by atoms with Gasteiger partial charge in [-0.1, -0.05) is 18.2 Å². The minimum Gasteiger partial charge on any atom is -0.435 e. The number of H-pyrrole nitrogens is 1. The first-order valence-electron chi connectivity index (χ1n) is 5.38. The van der Waals surface area contributed by atoms with E-state index < -0.39 is 6.10 Å². The van der Waals surface area contributed by atoms with E-state index in [-0.39, 0.29) is 0 Å². The second-order valence-electron chi connectivity index (χ2n) is 3.75. The van der Waals surface area contributed by atoms with Crippen LogP contribution >= 0.6 is 12.2 Å². The number of aromatic nitrogens is 1. The van der Waals surface area contributed by atoms with Crippen molar-refractivity contribution in [3.63, 3.8) is 0 Å². The van der Waals surface area contributed by atoms with E-state index in [1.54, 1.807) is 6.20 Å². The molecule has 0 fully saturated rings. The Labute approximate surface area is 104 Å². The van der Waals surface area contributed by atoms with E-state index in [2.05, 4.69) is 10.3 Å². The van der Waals surface area contributed by atoms with Crippen molar-refractivity contribution in [2.75, 3.05) is 11.9 Å². The molecule has 1 aromatic carbocycles. The second-order valence-corrected chi connectivity index (χ2v) is 4.12. The van der Waals surface area contributed by atoms with Crippen LogP contribution in [0.5, 0.6) is 0 Å². The Morgan fingerprint density at radius 1 is 1.35 bits per heavy atom. The number of anilines is 1. The van der Waals surface area contributed by atoms with Crippen molar-refractivity contribution < 1.29 is 9.52 Å². The van der Waals surface area contributed by atoms with Gasteiger partial charge in [-0.3, -0.25) is 0 Å². The number of benzene rings is 1. The number of para-hydroxylation sites is 1. The van der Waals surface area contributed by atoms with Crippen molar-refractivity contribution in [3.8, 4) is 0 Å². The summed E-state index contributed by atoms with van der Waals surface area (Å²) in [6.45, 7) is 0.470. The summed E-state index contributed by atoms with van der Waals surface area (Å²) in [4.78, 5) is 3.10. The molecule has 0 saturated carbocycles. The Kier molecular flexibility index (Phi) is 3.95. The van der Waals surface area contributed by atoms with Crippen LogP contribution in [0.4, 0.5) is 5.69 Å². The molecule has 0 bridgehead atoms. The third-order valence-electron chi connectivity index (χ3n) is 2.33. The molecule has 0 aliphatic heterocycles. The van der Waals surface area contributed by atoms with Gasteiger partial charge < -0.3 is 19.8 Å². The molecule has 5 heteroatoms. The van der Waals surface area contributed by atoms with Crippen LogP contribution in [-0.2, 0) is 6.42 Å². The number of hydrogen-bond acceptors (Lipinski definition) is 4. The highest BCUT2D eigenvalue weighted by Crippen LogP contribution is 2.07. The fourth-order valence-corrected chi connectivity index (χ4v) is 1.68. The molecule has 0 radical (unpaired) electrons. The van der Waals surface area contributed by atoms with Gasteiger partial charge in [0, 0.05) is 24.8 Å². The Bertz CT molecular complexity index is 506. The first kappa shape index (κ1) is 11.9. The van der Waals surface area contributed by atoms with Gasteiger partial charge in [0.1, 0.15) is 5.76 Å². The summed E-state index contributed by atoms with van der Waals surface area (Å²) in [5, 5.41) is 12.9. The maximum absolute atomic E-state index is 9.80. The van der Waals surface area contributed by atoms with Gasteiger partial charge in [-0.25, -0.2) is 0 Å². The Morgan fingerprint density at radius 3 is 2.76 bits per heavy atom. The van der Waals surface area contributed by atoms with E-state index in [4.69, 9.17) is 16.6 Å². The van der Waals surface area contributed by atoms with Crippen LogP contribution in [0, 0.1) is 4.84 Å². The van der Waals surface area contributed by atoms with Crippen LogP contribution in [0.1, 0.15) is 5.76 Å². The maximum atomic E-state index is 9.80. The topological polar surface area (TPSA) is 61.2 Å². The summed E-state index contributed by atoms with van der Waals surface area (Å²) in [5.41, 5.74) is 0.988. The Hall–Kier alpha value is -1.59. The zero-order valence-corrected chi connectivity index (χ0v) is 10.0. The molecule has 1 unspecified atom stereocenters. The van der Waals surface area contributed by atoms with Crippen molar-refractivity contribution in [2.45, 2.75) is 12.5 Å². The lowest BCUT2D eigenvalue weighted by Crippen LogP contribution is -2.21. The van der Waals surface area contributed by atoms with Gasteiger partial charge in [0.25, 0.3) is 4.84 Å². The van der Waals surface area contributed by atoms with Crippen LogP contribution in [0.3, 0.4) is 0 Å². The van der Waals surface area contributed by atoms with Gasteiger partial charge >= 0.3 is 0 Å². The van der Waals surface area contributed by atoms with Gasteiger partial charge in [-0.15, -0.1) is 0 Å². The molecule has 17 heavy (non-hydrogen) atoms. The van der Waals surface area contributed by atoms with Crippen LogP contribution in [0.25, 0.3) is 0 Å². The zero-order chi connectivity index (χ0) is 12.1. The van der Waals surface area contributed by atoms with Gasteiger partial charge in [0.2, 0.25) is 0 Å². The van der Waals surface area contributed by atoms with Crippen molar-refractivity contribution in [1.29, 1.82) is 0 Å². The standard InChI is InChI=1S/C12H14N2O2S/c15-10(6-11-8-14-12(17)16-11)7-13-9-4-2-1-3-5-9/h1-5,8,10,13,15H,6-7H2,(H,14,17). The smallest absolute Gasteiger partial charge is 0.266 e. The lowest BCUT2D eigenvalue weighted by atomic mass is 10.2. The van der Waals surface area contributed by atoms with Gasteiger partial charge in [0.05, 0.1) is 6.10 Å². The Morgan fingerprint density at radius 2 is 2.12 bits per heavy atom. The largest absolute Gasteiger partial charge is 0.435 e. The average Bonchev–Trinajstić information content (AvgIpc) is 2.73. The zero-order valence-electron chi connectivity index (χ0n) is 9.22. The SMILES string of the molecule is OC(CNc1ccccc1)Cc1c[nH]c(=S)o1. The quantitative estimate of drug-likeness (QED) is 0.713. The fraction of sp³-hybridized carbons (Fsp3) is 0.250. The minimum atomic E-state index is -0.510. The lowest BCUT2D eigenvalue weighted by molar-refractivity contribution is 0.180. The summed E-state index contributed by atoms with van der Waals surface area (Å²) in [5.74, 6) is 0.664. The molecule has 0 spiro atoms. The molecule has 2 rings (SSSR count). The van der Waals surface area contributed by atoms with Gasteiger partial charge in [-0.2, -0.15) is 0 Å². The molecule has 1 heterocycles. The number of aliphatic hydroxyl groups is 1. The summed E-state index contributed by atoms with van der Waals surface area (Å²) in [6, 6.07) is 9.74. The molecule has 1 atom stereocenters. The predicted octanol–water partition coefficient (Wildman–Crippen LogP) is 2.35. The molecular formula is C12H14N2O2S. The molecule has 0 aliphatic carbocycles. The van der Waals surface area contributed by atoms with E-state index in [9.17, 15) is 5.11 Å². The molecule has 0 amide bonds. The average molecular weight is 250 g/mol. The molecule has 2 aromatic rings. The van der Waals surface area contributed by atoms with E-state index in [1.807, 2.05) is 30.3 Å². The molecule has 4 nitrogen and oxygen atoms in total. The third-order valence-corrected chi connectivity index (χ3v) is 2.53. The monoisotopic (exact) mass is 250 g/mol. The molecule has 0 aliphatic rings. The van der Waals surface area contributed by atoms with Crippen molar-refractivity contribution in [3.05, 3.63) is 47.1 Å². The highest BCUT2D eigenvalue weighted by atomic mass is 32.1. The number of rotatable bonds is 5.